The Hall–Kier alpha value is 0.307. The second kappa shape index (κ2) is 14.4. The predicted molar refractivity (Wildman–Crippen MR) is 68.7 cm³/mol. The second-order valence-corrected chi connectivity index (χ2v) is 5.24. The average Bonchev–Trinajstić information content (AvgIpc) is 2.34. The van der Waals surface area contributed by atoms with E-state index in [0.717, 1.165) is 12.8 Å². The monoisotopic (exact) mass is 286 g/mol. The highest BCUT2D eigenvalue weighted by molar-refractivity contribution is 6.36. The van der Waals surface area contributed by atoms with E-state index in [4.69, 9.17) is 34.4 Å². The molecule has 0 aromatic rings. The summed E-state index contributed by atoms with van der Waals surface area (Å²) in [5, 5.41) is 0. The Bertz CT molecular complexity index is 143. The summed E-state index contributed by atoms with van der Waals surface area (Å²) in [6.45, 7) is 2.71. The van der Waals surface area contributed by atoms with Gasteiger partial charge in [0.15, 0.2) is 0 Å². The molecular formula is C10H23ClO5Si. The molecule has 0 aliphatic heterocycles. The predicted octanol–water partition coefficient (Wildman–Crippen LogP) is 1.07. The van der Waals surface area contributed by atoms with Crippen LogP contribution in [0, 0.1) is 0 Å². The molecule has 0 aromatic heterocycles. The van der Waals surface area contributed by atoms with Crippen molar-refractivity contribution in [2.75, 3.05) is 53.1 Å². The molecule has 0 radical (unpaired) electrons. The summed E-state index contributed by atoms with van der Waals surface area (Å²) < 4.78 is 26.4. The van der Waals surface area contributed by atoms with Crippen molar-refractivity contribution in [1.82, 2.24) is 0 Å². The first-order valence-electron chi connectivity index (χ1n) is 5.73. The molecule has 7 heteroatoms. The first-order chi connectivity index (χ1) is 8.35. The number of ether oxygens (including phenoxy) is 2. The standard InChI is InChI=1S/C10H23ClO5Si/c1-12-7-9-15-17(16-10-8-13-2)14-6-4-3-5-11/h17H,3-10H2,1-2H3. The van der Waals surface area contributed by atoms with E-state index in [-0.39, 0.29) is 0 Å². The van der Waals surface area contributed by atoms with Gasteiger partial charge in [-0.3, -0.25) is 0 Å². The SMILES string of the molecule is COCCO[SiH](OCCCCCl)OCCOC. The Morgan fingerprint density at radius 1 is 0.765 bits per heavy atom. The molecule has 0 fully saturated rings. The normalized spacial score (nSPS) is 11.3. The van der Waals surface area contributed by atoms with E-state index in [9.17, 15) is 0 Å². The van der Waals surface area contributed by atoms with Crippen LogP contribution in [0.5, 0.6) is 0 Å². The highest BCUT2D eigenvalue weighted by Crippen LogP contribution is 1.98. The summed E-state index contributed by atoms with van der Waals surface area (Å²) in [7, 11) is 1.22. The maximum atomic E-state index is 5.58. The van der Waals surface area contributed by atoms with Crippen LogP contribution in [0.15, 0.2) is 0 Å². The average molecular weight is 287 g/mol. The Morgan fingerprint density at radius 3 is 1.76 bits per heavy atom. The quantitative estimate of drug-likeness (QED) is 0.288. The van der Waals surface area contributed by atoms with Crippen molar-refractivity contribution in [3.8, 4) is 0 Å². The van der Waals surface area contributed by atoms with Crippen LogP contribution in [-0.4, -0.2) is 62.7 Å². The first kappa shape index (κ1) is 17.3. The summed E-state index contributed by atoms with van der Waals surface area (Å²) in [5.41, 5.74) is 0. The fourth-order valence-corrected chi connectivity index (χ4v) is 2.39. The molecule has 0 aliphatic carbocycles. The molecule has 0 N–H and O–H groups in total. The van der Waals surface area contributed by atoms with Gasteiger partial charge in [-0.25, -0.2) is 0 Å². The van der Waals surface area contributed by atoms with E-state index >= 15 is 0 Å². The lowest BCUT2D eigenvalue weighted by Gasteiger charge is -2.16. The van der Waals surface area contributed by atoms with Gasteiger partial charge >= 0.3 is 9.53 Å². The van der Waals surface area contributed by atoms with Gasteiger partial charge in [0.25, 0.3) is 0 Å². The highest BCUT2D eigenvalue weighted by Gasteiger charge is 2.14. The van der Waals surface area contributed by atoms with Crippen molar-refractivity contribution >= 4 is 21.1 Å². The molecule has 0 amide bonds. The molecule has 0 heterocycles. The summed E-state index contributed by atoms with van der Waals surface area (Å²) in [6.07, 6.45) is 1.87. The third kappa shape index (κ3) is 12.6. The molecule has 0 unspecified atom stereocenters. The molecule has 5 nitrogen and oxygen atoms in total. The van der Waals surface area contributed by atoms with Gasteiger partial charge in [0, 0.05) is 26.7 Å². The Labute approximate surface area is 110 Å². The molecule has 0 aromatic carbocycles. The third-order valence-corrected chi connectivity index (χ3v) is 3.66. The van der Waals surface area contributed by atoms with Gasteiger partial charge in [-0.2, -0.15) is 0 Å². The number of hydrogen-bond donors (Lipinski definition) is 0. The summed E-state index contributed by atoms with van der Waals surface area (Å²) in [4.78, 5) is 0. The van der Waals surface area contributed by atoms with E-state index in [1.807, 2.05) is 0 Å². The lowest BCUT2D eigenvalue weighted by molar-refractivity contribution is 0.0498. The molecule has 0 spiro atoms. The van der Waals surface area contributed by atoms with Gasteiger partial charge in [0.1, 0.15) is 0 Å². The van der Waals surface area contributed by atoms with Gasteiger partial charge in [-0.05, 0) is 12.8 Å². The molecule has 0 atom stereocenters. The molecule has 17 heavy (non-hydrogen) atoms. The van der Waals surface area contributed by atoms with Crippen molar-refractivity contribution in [2.24, 2.45) is 0 Å². The van der Waals surface area contributed by atoms with Crippen molar-refractivity contribution in [3.63, 3.8) is 0 Å². The van der Waals surface area contributed by atoms with Crippen molar-refractivity contribution < 1.29 is 22.8 Å². The lowest BCUT2D eigenvalue weighted by Crippen LogP contribution is -2.30. The Balaban J connectivity index is 3.60. The smallest absolute Gasteiger partial charge is 0.382 e. The number of rotatable bonds is 13. The first-order valence-corrected chi connectivity index (χ1v) is 7.68. The fourth-order valence-electron chi connectivity index (χ4n) is 0.976. The molecule has 0 aliphatic rings. The lowest BCUT2D eigenvalue weighted by atomic mass is 10.4. The van der Waals surface area contributed by atoms with E-state index in [0.29, 0.717) is 38.9 Å². The van der Waals surface area contributed by atoms with Crippen molar-refractivity contribution in [2.45, 2.75) is 12.8 Å². The summed E-state index contributed by atoms with van der Waals surface area (Å²) in [6, 6.07) is 0. The van der Waals surface area contributed by atoms with Gasteiger partial charge < -0.3 is 22.8 Å². The van der Waals surface area contributed by atoms with E-state index in [1.165, 1.54) is 0 Å². The largest absolute Gasteiger partial charge is 0.484 e. The maximum absolute atomic E-state index is 5.58. The van der Waals surface area contributed by atoms with E-state index in [1.54, 1.807) is 14.2 Å². The van der Waals surface area contributed by atoms with Gasteiger partial charge in [0.05, 0.1) is 26.4 Å². The second-order valence-electron chi connectivity index (χ2n) is 3.28. The molecular weight excluding hydrogens is 264 g/mol. The number of methoxy groups -OCH3 is 2. The number of hydrogen-bond acceptors (Lipinski definition) is 5. The van der Waals surface area contributed by atoms with E-state index in [2.05, 4.69) is 0 Å². The minimum atomic E-state index is -2.04. The van der Waals surface area contributed by atoms with Gasteiger partial charge in [-0.15, -0.1) is 11.6 Å². The zero-order chi connectivity index (χ0) is 12.8. The van der Waals surface area contributed by atoms with Crippen LogP contribution in [0.3, 0.4) is 0 Å². The Morgan fingerprint density at radius 2 is 1.29 bits per heavy atom. The van der Waals surface area contributed by atoms with Crippen molar-refractivity contribution in [1.29, 1.82) is 0 Å². The topological polar surface area (TPSA) is 46.2 Å². The summed E-state index contributed by atoms with van der Waals surface area (Å²) >= 11 is 5.58. The zero-order valence-corrected chi connectivity index (χ0v) is 12.6. The van der Waals surface area contributed by atoms with Crippen LogP contribution < -0.4 is 0 Å². The van der Waals surface area contributed by atoms with Gasteiger partial charge in [0.2, 0.25) is 0 Å². The third-order valence-electron chi connectivity index (χ3n) is 1.86. The number of halogens is 1. The van der Waals surface area contributed by atoms with Crippen LogP contribution in [0.4, 0.5) is 0 Å². The molecule has 0 saturated carbocycles. The number of unbranched alkanes of at least 4 members (excludes halogenated alkanes) is 1. The molecule has 0 saturated heterocycles. The zero-order valence-electron chi connectivity index (χ0n) is 10.7. The molecule has 0 rings (SSSR count). The van der Waals surface area contributed by atoms with Crippen LogP contribution in [0.1, 0.15) is 12.8 Å². The summed E-state index contributed by atoms with van der Waals surface area (Å²) in [5.74, 6) is 0.657. The molecule has 104 valence electrons. The number of alkyl halides is 1. The van der Waals surface area contributed by atoms with Crippen LogP contribution in [-0.2, 0) is 22.8 Å². The van der Waals surface area contributed by atoms with Crippen LogP contribution in [0.2, 0.25) is 0 Å². The fraction of sp³-hybridized carbons (Fsp3) is 1.00. The van der Waals surface area contributed by atoms with Crippen molar-refractivity contribution in [3.05, 3.63) is 0 Å². The van der Waals surface area contributed by atoms with E-state index < -0.39 is 9.53 Å². The minimum absolute atomic E-state index is 0.496. The maximum Gasteiger partial charge on any atom is 0.484 e. The minimum Gasteiger partial charge on any atom is -0.382 e. The van der Waals surface area contributed by atoms with Crippen LogP contribution >= 0.6 is 11.6 Å². The van der Waals surface area contributed by atoms with Gasteiger partial charge in [-0.1, -0.05) is 0 Å². The van der Waals surface area contributed by atoms with Crippen LogP contribution in [0.25, 0.3) is 0 Å². The highest BCUT2D eigenvalue weighted by atomic mass is 35.5. The Kier molecular flexibility index (Phi) is 14.6. The molecule has 0 bridgehead atoms.